The first-order valence-corrected chi connectivity index (χ1v) is 28.2. The van der Waals surface area contributed by atoms with Crippen LogP contribution in [0.3, 0.4) is 0 Å². The molecule has 6 heterocycles. The van der Waals surface area contributed by atoms with Crippen LogP contribution in [0.15, 0.2) is 69.6 Å². The summed E-state index contributed by atoms with van der Waals surface area (Å²) < 4.78 is 71.9. The number of nitrogens with two attached hydrogens (primary N) is 2. The number of fused-ring (bicyclic) bond motifs is 3. The van der Waals surface area contributed by atoms with E-state index >= 15 is 0 Å². The minimum Gasteiger partial charge on any atom is -0.444 e. The monoisotopic (exact) mass is 1150 g/mol. The molecule has 9 atom stereocenters. The van der Waals surface area contributed by atoms with Crippen LogP contribution < -0.4 is 22.1 Å². The maximum absolute atomic E-state index is 14.9. The number of hydrogen-bond donors (Lipinski definition) is 4. The molecule has 6 aliphatic rings. The van der Waals surface area contributed by atoms with Gasteiger partial charge >= 0.3 is 12.2 Å². The van der Waals surface area contributed by atoms with Gasteiger partial charge < -0.3 is 35.2 Å². The summed E-state index contributed by atoms with van der Waals surface area (Å²) in [7, 11) is 0. The molecule has 0 aliphatic carbocycles. The van der Waals surface area contributed by atoms with E-state index in [0.717, 1.165) is 24.3 Å². The van der Waals surface area contributed by atoms with Crippen LogP contribution in [0.1, 0.15) is 98.3 Å². The molecule has 3 fully saturated rings. The summed E-state index contributed by atoms with van der Waals surface area (Å²) in [5.41, 5.74) is 8.71. The van der Waals surface area contributed by atoms with Crippen molar-refractivity contribution in [1.29, 1.82) is 0 Å². The third kappa shape index (κ3) is 13.5. The van der Waals surface area contributed by atoms with Crippen molar-refractivity contribution in [3.05, 3.63) is 109 Å². The second kappa shape index (κ2) is 24.0. The number of alkyl carbamates (subject to hydrolysis) is 2. The van der Waals surface area contributed by atoms with Crippen LogP contribution in [0.4, 0.5) is 39.8 Å². The lowest BCUT2D eigenvalue weighted by molar-refractivity contribution is -0.385. The molecule has 0 bridgehead atoms. The number of carbonyl (C=O) groups is 2. The van der Waals surface area contributed by atoms with Gasteiger partial charge in [0.05, 0.1) is 44.8 Å². The van der Waals surface area contributed by atoms with Crippen LogP contribution >= 0.6 is 35.3 Å². The Labute approximate surface area is 462 Å². The van der Waals surface area contributed by atoms with Gasteiger partial charge in [0.1, 0.15) is 28.7 Å². The lowest BCUT2D eigenvalue weighted by Crippen LogP contribution is -2.51. The third-order valence-electron chi connectivity index (χ3n) is 14.2. The smallest absolute Gasteiger partial charge is 0.413 e. The molecule has 26 heteroatoms. The zero-order valence-corrected chi connectivity index (χ0v) is 47.2. The highest BCUT2D eigenvalue weighted by Crippen LogP contribution is 2.52. The van der Waals surface area contributed by atoms with Gasteiger partial charge in [-0.2, -0.15) is 0 Å². The Morgan fingerprint density at radius 2 is 0.949 bits per heavy atom. The minimum absolute atomic E-state index is 0.0308. The zero-order valence-electron chi connectivity index (χ0n) is 44.8. The van der Waals surface area contributed by atoms with Crippen LogP contribution in [-0.2, 0) is 40.3 Å². The number of halogens is 3. The number of amidine groups is 3. The summed E-state index contributed by atoms with van der Waals surface area (Å²) in [5, 5.41) is 28.7. The molecule has 0 unspecified atom stereocenters. The topological polar surface area (TPSA) is 280 Å². The van der Waals surface area contributed by atoms with Gasteiger partial charge in [0.2, 0.25) is 0 Å². The van der Waals surface area contributed by atoms with Gasteiger partial charge in [0.15, 0.2) is 15.5 Å². The Bertz CT molecular complexity index is 2870. The molecule has 20 nitrogen and oxygen atoms in total. The highest BCUT2D eigenvalue weighted by molar-refractivity contribution is 8.14. The molecule has 0 saturated carbocycles. The molecule has 424 valence electrons. The lowest BCUT2D eigenvalue weighted by Gasteiger charge is -2.47. The second-order valence-electron chi connectivity index (χ2n) is 21.6. The SMILES string of the molecule is C[C@H]1OCC[C@]2(c3cc(N)ccc3F)N=C(NC(=O)OC(C)(C)C)SC[C@H]12.C[C@H]1OCC[C@]2(c3cc([N+](=O)[O-])ccc3F)N=C(N)SC[C@H]12.C[C@H]1OCC[C@]2(c3cc([N+](=O)[O-])ccc3F)N=C(NC(=O)OC(C)(C)C)SC[C@H]12. The average Bonchev–Trinajstić information content (AvgIpc) is 3.39. The van der Waals surface area contributed by atoms with Crippen molar-refractivity contribution >= 4 is 80.0 Å². The van der Waals surface area contributed by atoms with Crippen molar-refractivity contribution in [3.8, 4) is 0 Å². The normalized spacial score (nSPS) is 28.5. The summed E-state index contributed by atoms with van der Waals surface area (Å²) >= 11 is 4.14. The number of hydrogen-bond acceptors (Lipinski definition) is 19. The summed E-state index contributed by atoms with van der Waals surface area (Å²) in [6.45, 7) is 17.6. The first kappa shape index (κ1) is 60.0. The highest BCUT2D eigenvalue weighted by Gasteiger charge is 2.53. The summed E-state index contributed by atoms with van der Waals surface area (Å²) in [6.07, 6.45) is -0.325. The number of ether oxygens (including phenoxy) is 5. The highest BCUT2D eigenvalue weighted by atomic mass is 32.2. The summed E-state index contributed by atoms with van der Waals surface area (Å²) in [5.74, 6) is 0.0834. The Balaban J connectivity index is 0.000000171. The molecule has 3 saturated heterocycles. The largest absolute Gasteiger partial charge is 0.444 e. The van der Waals surface area contributed by atoms with Crippen LogP contribution in [0, 0.1) is 55.4 Å². The van der Waals surface area contributed by atoms with E-state index in [0.29, 0.717) is 83.1 Å². The van der Waals surface area contributed by atoms with Gasteiger partial charge in [-0.3, -0.25) is 45.8 Å². The predicted octanol–water partition coefficient (Wildman–Crippen LogP) is 10.1. The van der Waals surface area contributed by atoms with E-state index in [9.17, 15) is 43.0 Å². The average molecular weight is 1150 g/mol. The summed E-state index contributed by atoms with van der Waals surface area (Å²) in [6, 6.07) is 11.6. The van der Waals surface area contributed by atoms with Gasteiger partial charge in [-0.1, -0.05) is 35.3 Å². The predicted molar refractivity (Wildman–Crippen MR) is 295 cm³/mol. The molecule has 3 aromatic carbocycles. The number of nitrogens with one attached hydrogen (secondary N) is 2. The van der Waals surface area contributed by atoms with Crippen molar-refractivity contribution in [1.82, 2.24) is 10.6 Å². The molecule has 3 aromatic rings. The number of non-ortho nitro benzene ring substituents is 2. The molecule has 6 aliphatic heterocycles. The second-order valence-corrected chi connectivity index (χ2v) is 24.7. The fraction of sp³-hybridized carbons (Fsp3) is 0.558. The molecule has 0 radical (unpaired) electrons. The van der Waals surface area contributed by atoms with Gasteiger partial charge in [-0.05, 0) is 92.6 Å². The maximum Gasteiger partial charge on any atom is 0.413 e. The number of aliphatic imine (C=N–C) groups is 3. The lowest BCUT2D eigenvalue weighted by atomic mass is 9.72. The van der Waals surface area contributed by atoms with Crippen LogP contribution in [0.25, 0.3) is 0 Å². The molecule has 2 amide bonds. The Morgan fingerprint density at radius 3 is 1.32 bits per heavy atom. The number of anilines is 1. The molecular weight excluding hydrogens is 1080 g/mol. The molecule has 0 aromatic heterocycles. The number of nitro groups is 2. The number of amides is 2. The number of nitrogen functional groups attached to an aromatic ring is 1. The van der Waals surface area contributed by atoms with Crippen molar-refractivity contribution in [2.45, 2.75) is 128 Å². The van der Waals surface area contributed by atoms with Gasteiger partial charge in [-0.15, -0.1) is 0 Å². The quantitative estimate of drug-likeness (QED) is 0.105. The zero-order chi connectivity index (χ0) is 57.1. The molecule has 9 rings (SSSR count). The van der Waals surface area contributed by atoms with Crippen LogP contribution in [0.2, 0.25) is 0 Å². The van der Waals surface area contributed by atoms with Crippen molar-refractivity contribution in [2.75, 3.05) is 42.8 Å². The van der Waals surface area contributed by atoms with E-state index in [1.807, 2.05) is 20.8 Å². The van der Waals surface area contributed by atoms with Crippen molar-refractivity contribution < 1.29 is 56.3 Å². The van der Waals surface area contributed by atoms with E-state index in [2.05, 4.69) is 15.6 Å². The van der Waals surface area contributed by atoms with E-state index in [4.69, 9.17) is 45.1 Å². The maximum atomic E-state index is 14.9. The van der Waals surface area contributed by atoms with Crippen molar-refractivity contribution in [2.24, 2.45) is 38.5 Å². The fourth-order valence-electron chi connectivity index (χ4n) is 10.6. The Hall–Kier alpha value is -5.67. The molecular formula is C52H66F3N9O11S3. The van der Waals surface area contributed by atoms with Gasteiger partial charge in [-0.25, -0.2) is 22.8 Å². The summed E-state index contributed by atoms with van der Waals surface area (Å²) in [4.78, 5) is 59.6. The van der Waals surface area contributed by atoms with Gasteiger partial charge in [0, 0.05) is 121 Å². The number of rotatable bonds is 5. The number of carbonyl (C=O) groups excluding carboxylic acids is 2. The van der Waals surface area contributed by atoms with Crippen LogP contribution in [-0.4, -0.2) is 104 Å². The first-order chi connectivity index (χ1) is 36.6. The number of thioether (sulfide) groups is 3. The number of nitrogens with zero attached hydrogens (tertiary/aromatic N) is 5. The van der Waals surface area contributed by atoms with E-state index < -0.39 is 61.5 Å². The Kier molecular flexibility index (Phi) is 18.4. The molecule has 0 spiro atoms. The van der Waals surface area contributed by atoms with E-state index in [1.54, 1.807) is 47.6 Å². The Morgan fingerprint density at radius 1 is 0.603 bits per heavy atom. The minimum atomic E-state index is -1.07. The third-order valence-corrected chi connectivity index (χ3v) is 17.1. The number of nitro benzene ring substituents is 2. The number of benzene rings is 3. The fourth-order valence-corrected chi connectivity index (χ4v) is 14.2. The van der Waals surface area contributed by atoms with Crippen molar-refractivity contribution in [3.63, 3.8) is 0 Å². The standard InChI is InChI=1S/C19H24FN3O5S.C19H26FN3O3S.C14H16FN3O3S/c1-11-14-10-29-16(21-17(24)28-18(2,3)4)22-19(14,7-8-27-11)13-9-12(23(25)26)5-6-15(13)20;1-11-14-10-27-16(22-17(24)26-18(2,3)4)23-19(14,7-8-25-11)13-9-12(21)5-6-15(13)20;1-8-11-7-22-13(16)17-14(11,4-5-21-8)10-6-9(18(19)20)2-3-12(10)15/h5-6,9,11,14H,7-8,10H2,1-4H3,(H,21,22,24);5-6,9,11,14H,7-8,10,21H2,1-4H3,(H,22,23,24);2-3,6,8,11H,4-5,7H2,1H3,(H2,16,17)/t2*11-,14-,19-;8-,11-,14-/m111/s1. The molecule has 6 N–H and O–H groups in total. The van der Waals surface area contributed by atoms with E-state index in [1.165, 1.54) is 59.6 Å². The van der Waals surface area contributed by atoms with Crippen LogP contribution in [0.5, 0.6) is 0 Å². The van der Waals surface area contributed by atoms with Gasteiger partial charge in [0.25, 0.3) is 11.4 Å². The first-order valence-electron chi connectivity index (χ1n) is 25.3. The van der Waals surface area contributed by atoms with E-state index in [-0.39, 0.29) is 64.4 Å². The molecule has 78 heavy (non-hydrogen) atoms.